The van der Waals surface area contributed by atoms with Gasteiger partial charge in [0.25, 0.3) is 0 Å². The minimum absolute atomic E-state index is 0.0672. The van der Waals surface area contributed by atoms with Gasteiger partial charge >= 0.3 is 0 Å². The van der Waals surface area contributed by atoms with Gasteiger partial charge in [-0.15, -0.1) is 0 Å². The summed E-state index contributed by atoms with van der Waals surface area (Å²) in [5.74, 6) is 6.40. The molecule has 0 radical (unpaired) electrons. The summed E-state index contributed by atoms with van der Waals surface area (Å²) >= 11 is 0. The fraction of sp³-hybridized carbons (Fsp3) is 0.438. The Balaban J connectivity index is 2.67. The number of aryl methyl sites for hydroxylation is 1. The minimum Gasteiger partial charge on any atom is -0.326 e. The lowest BCUT2D eigenvalue weighted by atomic mass is 10.1. The van der Waals surface area contributed by atoms with Gasteiger partial charge in [0.05, 0.1) is 6.54 Å². The third kappa shape index (κ3) is 5.58. The zero-order valence-corrected chi connectivity index (χ0v) is 11.9. The van der Waals surface area contributed by atoms with Crippen molar-refractivity contribution in [1.29, 1.82) is 0 Å². The Morgan fingerprint density at radius 3 is 2.74 bits per heavy atom. The smallest absolute Gasteiger partial charge is 0.224 e. The van der Waals surface area contributed by atoms with Gasteiger partial charge in [0.1, 0.15) is 0 Å². The van der Waals surface area contributed by atoms with Crippen molar-refractivity contribution in [2.24, 2.45) is 11.7 Å². The summed E-state index contributed by atoms with van der Waals surface area (Å²) in [7, 11) is 0. The lowest BCUT2D eigenvalue weighted by Crippen LogP contribution is -2.13. The minimum atomic E-state index is 0.0672. The molecule has 102 valence electrons. The Morgan fingerprint density at radius 1 is 1.42 bits per heavy atom. The molecule has 0 aliphatic rings. The highest BCUT2D eigenvalue weighted by Crippen LogP contribution is 2.17. The van der Waals surface area contributed by atoms with Crippen LogP contribution in [0.25, 0.3) is 0 Å². The Labute approximate surface area is 115 Å². The van der Waals surface area contributed by atoms with Crippen molar-refractivity contribution in [3.05, 3.63) is 29.3 Å². The van der Waals surface area contributed by atoms with E-state index in [1.165, 1.54) is 0 Å². The molecule has 0 bridgehead atoms. The van der Waals surface area contributed by atoms with Gasteiger partial charge in [-0.3, -0.25) is 4.79 Å². The molecule has 0 unspecified atom stereocenters. The maximum absolute atomic E-state index is 11.8. The molecular formula is C16H22N2O. The second-order valence-electron chi connectivity index (χ2n) is 5.02. The number of anilines is 1. The number of carbonyl (C=O) groups excluding carboxylic acids is 1. The summed E-state index contributed by atoms with van der Waals surface area (Å²) in [5.41, 5.74) is 8.13. The zero-order chi connectivity index (χ0) is 14.3. The molecule has 0 aromatic heterocycles. The van der Waals surface area contributed by atoms with Crippen LogP contribution in [-0.2, 0) is 4.79 Å². The Morgan fingerprint density at radius 2 is 2.16 bits per heavy atom. The van der Waals surface area contributed by atoms with E-state index in [1.54, 1.807) is 0 Å². The van der Waals surface area contributed by atoms with Crippen molar-refractivity contribution in [1.82, 2.24) is 0 Å². The topological polar surface area (TPSA) is 55.1 Å². The molecule has 1 rings (SSSR count). The first-order chi connectivity index (χ1) is 9.02. The van der Waals surface area contributed by atoms with E-state index in [0.29, 0.717) is 18.9 Å². The van der Waals surface area contributed by atoms with Gasteiger partial charge in [0, 0.05) is 17.7 Å². The molecule has 0 atom stereocenters. The summed E-state index contributed by atoms with van der Waals surface area (Å²) in [6, 6.07) is 5.75. The van der Waals surface area contributed by atoms with Gasteiger partial charge in [-0.1, -0.05) is 25.7 Å². The van der Waals surface area contributed by atoms with Gasteiger partial charge in [0.2, 0.25) is 5.91 Å². The van der Waals surface area contributed by atoms with Gasteiger partial charge in [-0.2, -0.15) is 0 Å². The van der Waals surface area contributed by atoms with Crippen LogP contribution in [0.15, 0.2) is 18.2 Å². The molecule has 0 saturated heterocycles. The number of amides is 1. The normalized spacial score (nSPS) is 9.95. The molecule has 3 nitrogen and oxygen atoms in total. The maximum atomic E-state index is 11.8. The van der Waals surface area contributed by atoms with Crippen LogP contribution < -0.4 is 11.1 Å². The average Bonchev–Trinajstić information content (AvgIpc) is 2.37. The second kappa shape index (κ2) is 7.60. The molecule has 0 fully saturated rings. The molecule has 3 heteroatoms. The van der Waals surface area contributed by atoms with Crippen LogP contribution >= 0.6 is 0 Å². The fourth-order valence-corrected chi connectivity index (χ4v) is 1.67. The van der Waals surface area contributed by atoms with E-state index < -0.39 is 0 Å². The van der Waals surface area contributed by atoms with E-state index >= 15 is 0 Å². The predicted octanol–water partition coefficient (Wildman–Crippen LogP) is 2.68. The number of nitrogens with two attached hydrogens (primary N) is 1. The summed E-state index contributed by atoms with van der Waals surface area (Å²) < 4.78 is 0. The van der Waals surface area contributed by atoms with Crippen LogP contribution in [0.2, 0.25) is 0 Å². The SMILES string of the molecule is Cc1cc(C#CCN)ccc1NC(=O)CCC(C)C. The van der Waals surface area contributed by atoms with Gasteiger partial charge in [0.15, 0.2) is 0 Å². The monoisotopic (exact) mass is 258 g/mol. The largest absolute Gasteiger partial charge is 0.326 e. The summed E-state index contributed by atoms with van der Waals surface area (Å²) in [6.07, 6.45) is 1.47. The van der Waals surface area contributed by atoms with E-state index in [-0.39, 0.29) is 5.91 Å². The number of benzene rings is 1. The molecule has 1 aromatic rings. The molecule has 0 saturated carbocycles. The van der Waals surface area contributed by atoms with Crippen molar-refractivity contribution in [2.45, 2.75) is 33.6 Å². The fourth-order valence-electron chi connectivity index (χ4n) is 1.67. The molecule has 0 heterocycles. The number of hydrogen-bond donors (Lipinski definition) is 2. The summed E-state index contributed by atoms with van der Waals surface area (Å²) in [6.45, 7) is 6.55. The lowest BCUT2D eigenvalue weighted by molar-refractivity contribution is -0.116. The quantitative estimate of drug-likeness (QED) is 0.816. The van der Waals surface area contributed by atoms with Crippen molar-refractivity contribution in [3.63, 3.8) is 0 Å². The molecule has 1 amide bonds. The van der Waals surface area contributed by atoms with E-state index in [1.807, 2.05) is 25.1 Å². The van der Waals surface area contributed by atoms with Crippen molar-refractivity contribution < 1.29 is 4.79 Å². The van der Waals surface area contributed by atoms with Crippen LogP contribution in [0.3, 0.4) is 0 Å². The maximum Gasteiger partial charge on any atom is 0.224 e. The molecule has 3 N–H and O–H groups in total. The van der Waals surface area contributed by atoms with E-state index in [9.17, 15) is 4.79 Å². The third-order valence-electron chi connectivity index (χ3n) is 2.78. The van der Waals surface area contributed by atoms with Crippen LogP contribution in [0.1, 0.15) is 37.8 Å². The predicted molar refractivity (Wildman–Crippen MR) is 79.8 cm³/mol. The van der Waals surface area contributed by atoms with Crippen molar-refractivity contribution in [3.8, 4) is 11.8 Å². The van der Waals surface area contributed by atoms with Crippen molar-refractivity contribution >= 4 is 11.6 Å². The highest BCUT2D eigenvalue weighted by atomic mass is 16.1. The van der Waals surface area contributed by atoms with Crippen LogP contribution in [0.5, 0.6) is 0 Å². The average molecular weight is 258 g/mol. The first kappa shape index (κ1) is 15.3. The highest BCUT2D eigenvalue weighted by molar-refractivity contribution is 5.91. The standard InChI is InChI=1S/C16H22N2O/c1-12(2)6-9-16(19)18-15-8-7-14(5-4-10-17)11-13(15)3/h7-8,11-12H,6,9-10,17H2,1-3H3,(H,18,19). The van der Waals surface area contributed by atoms with Crippen LogP contribution in [0.4, 0.5) is 5.69 Å². The van der Waals surface area contributed by atoms with Gasteiger partial charge in [-0.05, 0) is 43.0 Å². The number of nitrogens with one attached hydrogen (secondary N) is 1. The molecule has 1 aromatic carbocycles. The van der Waals surface area contributed by atoms with Crippen LogP contribution in [-0.4, -0.2) is 12.5 Å². The summed E-state index contributed by atoms with van der Waals surface area (Å²) in [5, 5.41) is 2.94. The second-order valence-corrected chi connectivity index (χ2v) is 5.02. The molecular weight excluding hydrogens is 236 g/mol. The highest BCUT2D eigenvalue weighted by Gasteiger charge is 2.06. The Kier molecular flexibility index (Phi) is 6.11. The molecule has 19 heavy (non-hydrogen) atoms. The Bertz CT molecular complexity index is 495. The summed E-state index contributed by atoms with van der Waals surface area (Å²) in [4.78, 5) is 11.8. The number of carbonyl (C=O) groups is 1. The lowest BCUT2D eigenvalue weighted by Gasteiger charge is -2.09. The zero-order valence-electron chi connectivity index (χ0n) is 11.9. The molecule has 0 aliphatic carbocycles. The molecule has 0 spiro atoms. The third-order valence-corrected chi connectivity index (χ3v) is 2.78. The van der Waals surface area contributed by atoms with E-state index in [2.05, 4.69) is 31.0 Å². The van der Waals surface area contributed by atoms with Crippen LogP contribution in [0, 0.1) is 24.7 Å². The van der Waals surface area contributed by atoms with Gasteiger partial charge < -0.3 is 11.1 Å². The molecule has 0 aliphatic heterocycles. The first-order valence-electron chi connectivity index (χ1n) is 6.62. The van der Waals surface area contributed by atoms with E-state index in [0.717, 1.165) is 23.2 Å². The number of rotatable bonds is 4. The number of hydrogen-bond acceptors (Lipinski definition) is 2. The van der Waals surface area contributed by atoms with Crippen molar-refractivity contribution in [2.75, 3.05) is 11.9 Å². The Hall–Kier alpha value is -1.79. The first-order valence-corrected chi connectivity index (χ1v) is 6.62. The van der Waals surface area contributed by atoms with E-state index in [4.69, 9.17) is 5.73 Å². The van der Waals surface area contributed by atoms with Gasteiger partial charge in [-0.25, -0.2) is 0 Å².